The fourth-order valence-corrected chi connectivity index (χ4v) is 2.06. The van der Waals surface area contributed by atoms with Gasteiger partial charge < -0.3 is 15.8 Å². The lowest BCUT2D eigenvalue weighted by molar-refractivity contribution is -0.123. The maximum absolute atomic E-state index is 12.0. The van der Waals surface area contributed by atoms with Gasteiger partial charge in [-0.3, -0.25) is 4.79 Å². The second-order valence-corrected chi connectivity index (χ2v) is 5.47. The van der Waals surface area contributed by atoms with Gasteiger partial charge in [0.05, 0.1) is 18.7 Å². The zero-order valence-corrected chi connectivity index (χ0v) is 12.8. The number of nitrogens with two attached hydrogens (primary N) is 1. The van der Waals surface area contributed by atoms with Crippen molar-refractivity contribution in [2.75, 3.05) is 6.61 Å². The molecular formula is C16H26N2O2. The van der Waals surface area contributed by atoms with E-state index in [0.717, 1.165) is 11.3 Å². The molecule has 1 rings (SSSR count). The van der Waals surface area contributed by atoms with E-state index in [1.165, 1.54) is 0 Å². The number of carbonyl (C=O) groups excluding carboxylic acids is 1. The highest BCUT2D eigenvalue weighted by molar-refractivity contribution is 5.81. The van der Waals surface area contributed by atoms with E-state index in [9.17, 15) is 4.79 Å². The molecule has 112 valence electrons. The van der Waals surface area contributed by atoms with Crippen LogP contribution in [0.25, 0.3) is 0 Å². The Hall–Kier alpha value is -1.55. The van der Waals surface area contributed by atoms with Crippen LogP contribution in [0.1, 0.15) is 45.7 Å². The largest absolute Gasteiger partial charge is 0.494 e. The molecule has 4 nitrogen and oxygen atoms in total. The van der Waals surface area contributed by atoms with E-state index in [1.54, 1.807) is 0 Å². The van der Waals surface area contributed by atoms with Crippen molar-refractivity contribution in [3.05, 3.63) is 29.8 Å². The fraction of sp³-hybridized carbons (Fsp3) is 0.562. The Morgan fingerprint density at radius 1 is 1.35 bits per heavy atom. The molecule has 0 heterocycles. The molecular weight excluding hydrogens is 252 g/mol. The van der Waals surface area contributed by atoms with Crippen molar-refractivity contribution in [3.8, 4) is 5.75 Å². The van der Waals surface area contributed by atoms with E-state index in [1.807, 2.05) is 38.1 Å². The molecule has 2 atom stereocenters. The first-order valence-corrected chi connectivity index (χ1v) is 7.22. The third-order valence-corrected chi connectivity index (χ3v) is 3.09. The van der Waals surface area contributed by atoms with Crippen molar-refractivity contribution in [2.45, 2.75) is 46.2 Å². The molecule has 0 spiro atoms. The first kappa shape index (κ1) is 16.5. The Bertz CT molecular complexity index is 432. The minimum absolute atomic E-state index is 0.0823. The molecule has 0 aliphatic rings. The molecule has 0 fully saturated rings. The minimum Gasteiger partial charge on any atom is -0.494 e. The molecule has 0 saturated heterocycles. The summed E-state index contributed by atoms with van der Waals surface area (Å²) in [6.45, 7) is 8.64. The summed E-state index contributed by atoms with van der Waals surface area (Å²) < 4.78 is 5.46. The van der Waals surface area contributed by atoms with Crippen molar-refractivity contribution in [2.24, 2.45) is 11.7 Å². The summed E-state index contributed by atoms with van der Waals surface area (Å²) in [5.74, 6) is 1.12. The van der Waals surface area contributed by atoms with Gasteiger partial charge >= 0.3 is 0 Å². The van der Waals surface area contributed by atoms with Crippen LogP contribution >= 0.6 is 0 Å². The summed E-state index contributed by atoms with van der Waals surface area (Å²) in [5, 5.41) is 2.95. The smallest absolute Gasteiger partial charge is 0.237 e. The maximum Gasteiger partial charge on any atom is 0.237 e. The van der Waals surface area contributed by atoms with Crippen LogP contribution in [0.2, 0.25) is 0 Å². The maximum atomic E-state index is 12.0. The van der Waals surface area contributed by atoms with E-state index in [4.69, 9.17) is 10.5 Å². The van der Waals surface area contributed by atoms with E-state index in [0.29, 0.717) is 18.9 Å². The van der Waals surface area contributed by atoms with Crippen LogP contribution in [0, 0.1) is 5.92 Å². The Labute approximate surface area is 121 Å². The molecule has 0 aromatic heterocycles. The first-order chi connectivity index (χ1) is 9.43. The number of nitrogens with one attached hydrogen (secondary N) is 1. The van der Waals surface area contributed by atoms with Gasteiger partial charge in [-0.05, 0) is 43.9 Å². The number of benzene rings is 1. The molecule has 1 aromatic rings. The minimum atomic E-state index is -0.451. The zero-order valence-electron chi connectivity index (χ0n) is 12.8. The second-order valence-electron chi connectivity index (χ2n) is 5.47. The SMILES string of the molecule is CCOc1cccc([C@H](C)NC(=O)[C@H](N)CC(C)C)c1. The molecule has 1 aromatic carbocycles. The Morgan fingerprint density at radius 3 is 2.65 bits per heavy atom. The number of amides is 1. The summed E-state index contributed by atoms with van der Waals surface area (Å²) >= 11 is 0. The molecule has 1 amide bonds. The average molecular weight is 278 g/mol. The third kappa shape index (κ3) is 5.21. The van der Waals surface area contributed by atoms with E-state index in [-0.39, 0.29) is 11.9 Å². The predicted octanol–water partition coefficient (Wildman–Crippen LogP) is 2.64. The zero-order chi connectivity index (χ0) is 15.1. The summed E-state index contributed by atoms with van der Waals surface area (Å²) in [6.07, 6.45) is 0.692. The van der Waals surface area contributed by atoms with Crippen molar-refractivity contribution in [1.82, 2.24) is 5.32 Å². The molecule has 0 aliphatic carbocycles. The van der Waals surface area contributed by atoms with Crippen LogP contribution in [0.5, 0.6) is 5.75 Å². The van der Waals surface area contributed by atoms with Gasteiger partial charge in [0.1, 0.15) is 5.75 Å². The lowest BCUT2D eigenvalue weighted by Crippen LogP contribution is -2.42. The van der Waals surface area contributed by atoms with Crippen LogP contribution in [-0.2, 0) is 4.79 Å². The number of hydrogen-bond acceptors (Lipinski definition) is 3. The average Bonchev–Trinajstić information content (AvgIpc) is 2.38. The number of ether oxygens (including phenoxy) is 1. The molecule has 20 heavy (non-hydrogen) atoms. The number of rotatable bonds is 7. The Balaban J connectivity index is 2.63. The highest BCUT2D eigenvalue weighted by Gasteiger charge is 2.17. The first-order valence-electron chi connectivity index (χ1n) is 7.22. The van der Waals surface area contributed by atoms with Crippen LogP contribution in [0.15, 0.2) is 24.3 Å². The number of carbonyl (C=O) groups is 1. The van der Waals surface area contributed by atoms with Gasteiger partial charge in [0.2, 0.25) is 5.91 Å². The Morgan fingerprint density at radius 2 is 2.05 bits per heavy atom. The summed E-state index contributed by atoms with van der Waals surface area (Å²) in [5.41, 5.74) is 6.90. The Kier molecular flexibility index (Phi) is 6.52. The van der Waals surface area contributed by atoms with Gasteiger partial charge in [-0.15, -0.1) is 0 Å². The normalized spacial score (nSPS) is 13.9. The third-order valence-electron chi connectivity index (χ3n) is 3.09. The lowest BCUT2D eigenvalue weighted by atomic mass is 10.0. The number of hydrogen-bond donors (Lipinski definition) is 2. The fourth-order valence-electron chi connectivity index (χ4n) is 2.06. The van der Waals surface area contributed by atoms with Crippen molar-refractivity contribution in [1.29, 1.82) is 0 Å². The summed E-state index contributed by atoms with van der Waals surface area (Å²) in [4.78, 5) is 12.0. The predicted molar refractivity (Wildman–Crippen MR) is 81.6 cm³/mol. The molecule has 0 saturated carbocycles. The highest BCUT2D eigenvalue weighted by Crippen LogP contribution is 2.19. The van der Waals surface area contributed by atoms with Crippen molar-refractivity contribution >= 4 is 5.91 Å². The van der Waals surface area contributed by atoms with Gasteiger partial charge in [0, 0.05) is 0 Å². The van der Waals surface area contributed by atoms with Gasteiger partial charge in [-0.25, -0.2) is 0 Å². The van der Waals surface area contributed by atoms with Gasteiger partial charge in [-0.1, -0.05) is 26.0 Å². The molecule has 0 radical (unpaired) electrons. The van der Waals surface area contributed by atoms with Gasteiger partial charge in [0.25, 0.3) is 0 Å². The molecule has 0 bridgehead atoms. The second kappa shape index (κ2) is 7.90. The van der Waals surface area contributed by atoms with Crippen LogP contribution < -0.4 is 15.8 Å². The highest BCUT2D eigenvalue weighted by atomic mass is 16.5. The van der Waals surface area contributed by atoms with Crippen molar-refractivity contribution in [3.63, 3.8) is 0 Å². The van der Waals surface area contributed by atoms with Gasteiger partial charge in [0.15, 0.2) is 0 Å². The van der Waals surface area contributed by atoms with E-state index >= 15 is 0 Å². The van der Waals surface area contributed by atoms with Gasteiger partial charge in [-0.2, -0.15) is 0 Å². The van der Waals surface area contributed by atoms with Crippen LogP contribution in [0.4, 0.5) is 0 Å². The summed E-state index contributed by atoms with van der Waals surface area (Å²) in [6, 6.07) is 7.22. The lowest BCUT2D eigenvalue weighted by Gasteiger charge is -2.19. The van der Waals surface area contributed by atoms with Crippen LogP contribution in [-0.4, -0.2) is 18.6 Å². The summed E-state index contributed by atoms with van der Waals surface area (Å²) in [7, 11) is 0. The molecule has 3 N–H and O–H groups in total. The topological polar surface area (TPSA) is 64.3 Å². The molecule has 0 aliphatic heterocycles. The van der Waals surface area contributed by atoms with E-state index in [2.05, 4.69) is 19.2 Å². The quantitative estimate of drug-likeness (QED) is 0.806. The van der Waals surface area contributed by atoms with Crippen molar-refractivity contribution < 1.29 is 9.53 Å². The van der Waals surface area contributed by atoms with Crippen LogP contribution in [0.3, 0.4) is 0 Å². The standard InChI is InChI=1S/C16H26N2O2/c1-5-20-14-8-6-7-13(10-14)12(4)18-16(19)15(17)9-11(2)3/h6-8,10-12,15H,5,9,17H2,1-4H3,(H,18,19)/t12-,15+/m0/s1. The van der Waals surface area contributed by atoms with E-state index < -0.39 is 6.04 Å². The molecule has 4 heteroatoms. The monoisotopic (exact) mass is 278 g/mol. The molecule has 0 unspecified atom stereocenters.